The van der Waals surface area contributed by atoms with E-state index >= 15 is 0 Å². The first-order valence-corrected chi connectivity index (χ1v) is 11.4. The first-order valence-electron chi connectivity index (χ1n) is 11.4. The van der Waals surface area contributed by atoms with Crippen molar-refractivity contribution in [2.24, 2.45) is 0 Å². The van der Waals surface area contributed by atoms with Gasteiger partial charge in [0.1, 0.15) is 17.5 Å². The number of aromatic nitrogens is 2. The second-order valence-corrected chi connectivity index (χ2v) is 8.35. The van der Waals surface area contributed by atoms with Gasteiger partial charge in [-0.05, 0) is 44.0 Å². The highest BCUT2D eigenvalue weighted by Gasteiger charge is 2.43. The molecule has 208 valence electrons. The van der Waals surface area contributed by atoms with Crippen molar-refractivity contribution in [1.29, 1.82) is 0 Å². The number of pyridine rings is 1. The third kappa shape index (κ3) is 6.58. The first kappa shape index (κ1) is 28.9. The fraction of sp³-hybridized carbons (Fsp3) is 0.458. The van der Waals surface area contributed by atoms with E-state index in [1.54, 1.807) is 30.4 Å². The molecular formula is C24H26F6N4O4. The maximum atomic E-state index is 13.4. The number of oxazole rings is 1. The van der Waals surface area contributed by atoms with Gasteiger partial charge in [-0.3, -0.25) is 4.98 Å². The minimum atomic E-state index is -5.06. The van der Waals surface area contributed by atoms with Crippen molar-refractivity contribution >= 4 is 17.1 Å². The zero-order valence-corrected chi connectivity index (χ0v) is 20.9. The number of hydrogen-bond donors (Lipinski definition) is 1. The van der Waals surface area contributed by atoms with E-state index in [1.807, 2.05) is 0 Å². The van der Waals surface area contributed by atoms with Gasteiger partial charge in [-0.25, -0.2) is 9.78 Å². The smallest absolute Gasteiger partial charge is 0.408 e. The van der Waals surface area contributed by atoms with Gasteiger partial charge >= 0.3 is 18.4 Å². The summed E-state index contributed by atoms with van der Waals surface area (Å²) in [6.45, 7) is 3.03. The predicted molar refractivity (Wildman–Crippen MR) is 125 cm³/mol. The highest BCUT2D eigenvalue weighted by atomic mass is 19.4. The summed E-state index contributed by atoms with van der Waals surface area (Å²) in [5.41, 5.74) is 2.34. The van der Waals surface area contributed by atoms with Crippen LogP contribution in [0.25, 0.3) is 22.2 Å². The molecule has 2 aromatic heterocycles. The summed E-state index contributed by atoms with van der Waals surface area (Å²) < 4.78 is 94.0. The van der Waals surface area contributed by atoms with Gasteiger partial charge in [0.05, 0.1) is 32.2 Å². The first-order chi connectivity index (χ1) is 17.8. The van der Waals surface area contributed by atoms with E-state index in [0.29, 0.717) is 39.4 Å². The molecule has 2 heterocycles. The molecule has 0 fully saturated rings. The average Bonchev–Trinajstić information content (AvgIpc) is 3.33. The van der Waals surface area contributed by atoms with Gasteiger partial charge in [-0.15, -0.1) is 0 Å². The Bertz CT molecular complexity index is 1260. The molecule has 0 saturated carbocycles. The van der Waals surface area contributed by atoms with Crippen molar-refractivity contribution in [3.63, 3.8) is 0 Å². The highest BCUT2D eigenvalue weighted by molar-refractivity contribution is 5.87. The summed E-state index contributed by atoms with van der Waals surface area (Å²) >= 11 is 0. The topological polar surface area (TPSA) is 89.7 Å². The number of urea groups is 1. The summed E-state index contributed by atoms with van der Waals surface area (Å²) in [5.74, 6) is 0.782. The largest absolute Gasteiger partial charge is 0.494 e. The van der Waals surface area contributed by atoms with E-state index in [4.69, 9.17) is 13.9 Å². The van der Waals surface area contributed by atoms with Crippen molar-refractivity contribution in [3.05, 3.63) is 36.5 Å². The van der Waals surface area contributed by atoms with Crippen molar-refractivity contribution in [2.75, 3.05) is 20.8 Å². The maximum absolute atomic E-state index is 13.4. The monoisotopic (exact) mass is 548 g/mol. The Morgan fingerprint density at radius 1 is 1.08 bits per heavy atom. The van der Waals surface area contributed by atoms with Crippen molar-refractivity contribution in [2.45, 2.75) is 51.1 Å². The van der Waals surface area contributed by atoms with Crippen molar-refractivity contribution < 1.29 is 45.0 Å². The van der Waals surface area contributed by atoms with Crippen LogP contribution in [0, 0.1) is 0 Å². The lowest BCUT2D eigenvalue weighted by atomic mass is 10.0. The van der Waals surface area contributed by atoms with Crippen LogP contribution in [-0.4, -0.2) is 60.1 Å². The summed E-state index contributed by atoms with van der Waals surface area (Å²) in [5, 5.41) is 1.71. The van der Waals surface area contributed by atoms with Crippen LogP contribution in [0.5, 0.6) is 11.5 Å². The fourth-order valence-electron chi connectivity index (χ4n) is 3.93. The number of amides is 2. The Hall–Kier alpha value is -3.71. The van der Waals surface area contributed by atoms with Gasteiger partial charge in [0.2, 0.25) is 0 Å². The van der Waals surface area contributed by atoms with Crippen LogP contribution in [-0.2, 0) is 0 Å². The van der Waals surface area contributed by atoms with E-state index in [-0.39, 0.29) is 6.54 Å². The van der Waals surface area contributed by atoms with Gasteiger partial charge in [0, 0.05) is 18.5 Å². The molecular weight excluding hydrogens is 522 g/mol. The molecule has 0 bridgehead atoms. The second-order valence-electron chi connectivity index (χ2n) is 8.35. The number of alkyl halides is 6. The molecule has 1 N–H and O–H groups in total. The van der Waals surface area contributed by atoms with E-state index in [1.165, 1.54) is 33.7 Å². The van der Waals surface area contributed by atoms with E-state index in [2.05, 4.69) is 9.97 Å². The van der Waals surface area contributed by atoms with Crippen LogP contribution in [0.15, 0.2) is 35.2 Å². The number of hydrogen-bond acceptors (Lipinski definition) is 6. The zero-order valence-electron chi connectivity index (χ0n) is 20.9. The molecule has 38 heavy (non-hydrogen) atoms. The number of carbonyl (C=O) groups excluding carboxylic acids is 1. The van der Waals surface area contributed by atoms with E-state index < -0.39 is 43.3 Å². The number of methoxy groups -OCH3 is 2. The van der Waals surface area contributed by atoms with Crippen LogP contribution in [0.2, 0.25) is 0 Å². The number of nitrogens with zero attached hydrogens (tertiary/aromatic N) is 3. The molecule has 2 amide bonds. The number of carbonyl (C=O) groups is 1. The van der Waals surface area contributed by atoms with E-state index in [0.717, 1.165) is 4.90 Å². The summed E-state index contributed by atoms with van der Waals surface area (Å²) in [4.78, 5) is 22.2. The number of rotatable bonds is 9. The second kappa shape index (κ2) is 11.4. The third-order valence-corrected chi connectivity index (χ3v) is 5.95. The molecule has 0 radical (unpaired) electrons. The summed E-state index contributed by atoms with van der Waals surface area (Å²) in [7, 11) is 2.89. The minimum Gasteiger partial charge on any atom is -0.494 e. The molecule has 0 saturated heterocycles. The lowest BCUT2D eigenvalue weighted by Crippen LogP contribution is -2.51. The normalized spacial score (nSPS) is 13.7. The van der Waals surface area contributed by atoms with Gasteiger partial charge in [0.25, 0.3) is 0 Å². The van der Waals surface area contributed by atoms with Gasteiger partial charge in [-0.1, -0.05) is 0 Å². The van der Waals surface area contributed by atoms with Crippen molar-refractivity contribution in [3.8, 4) is 22.6 Å². The lowest BCUT2D eigenvalue weighted by molar-refractivity contribution is -0.171. The Morgan fingerprint density at radius 3 is 2.34 bits per heavy atom. The Morgan fingerprint density at radius 2 is 1.76 bits per heavy atom. The fourth-order valence-corrected chi connectivity index (χ4v) is 3.93. The molecule has 8 nitrogen and oxygen atoms in total. The van der Waals surface area contributed by atoms with Crippen molar-refractivity contribution in [1.82, 2.24) is 20.2 Å². The van der Waals surface area contributed by atoms with Crippen LogP contribution in [0.3, 0.4) is 0 Å². The minimum absolute atomic E-state index is 0.0439. The molecule has 0 aliphatic rings. The SMILES string of the molecule is CCN(C(=O)NC(CCC(F)(F)F)C(F)(F)F)C(C)c1cc(-c2cc(OC)c3ncoc3c2)c(OC)cn1. The predicted octanol–water partition coefficient (Wildman–Crippen LogP) is 6.27. The van der Waals surface area contributed by atoms with Crippen LogP contribution in [0.1, 0.15) is 38.4 Å². The molecule has 3 aromatic rings. The number of ether oxygens (including phenoxy) is 2. The van der Waals surface area contributed by atoms with E-state index in [9.17, 15) is 31.1 Å². The molecule has 14 heteroatoms. The maximum Gasteiger partial charge on any atom is 0.408 e. The quantitative estimate of drug-likeness (QED) is 0.317. The lowest BCUT2D eigenvalue weighted by Gasteiger charge is -2.31. The number of nitrogens with one attached hydrogen (secondary N) is 1. The molecule has 2 unspecified atom stereocenters. The zero-order chi connectivity index (χ0) is 28.3. The molecule has 0 spiro atoms. The van der Waals surface area contributed by atoms with Crippen LogP contribution in [0.4, 0.5) is 31.1 Å². The Labute approximate surface area is 213 Å². The van der Waals surface area contributed by atoms with Gasteiger partial charge < -0.3 is 24.1 Å². The van der Waals surface area contributed by atoms with Gasteiger partial charge in [0.15, 0.2) is 17.5 Å². The number of halogens is 6. The molecule has 0 aliphatic heterocycles. The molecule has 2 atom stereocenters. The molecule has 3 rings (SSSR count). The standard InChI is InChI=1S/C24H26F6N4O4/c1-5-34(22(35)33-20(24(28,29)30)6-7-23(25,26)27)13(2)16-10-15(19(37-4)11-31-16)14-8-17(36-3)21-18(9-14)38-12-32-21/h8-13,20H,5-7H2,1-4H3,(H,33,35). The Kier molecular flexibility index (Phi) is 8.62. The Balaban J connectivity index is 1.92. The highest BCUT2D eigenvalue weighted by Crippen LogP contribution is 2.37. The van der Waals surface area contributed by atoms with Gasteiger partial charge in [-0.2, -0.15) is 26.3 Å². The number of fused-ring (bicyclic) bond motifs is 1. The average molecular weight is 548 g/mol. The number of benzene rings is 1. The summed E-state index contributed by atoms with van der Waals surface area (Å²) in [6.07, 6.45) is -10.2. The summed E-state index contributed by atoms with van der Waals surface area (Å²) in [6, 6.07) is 0.289. The third-order valence-electron chi connectivity index (χ3n) is 5.95. The van der Waals surface area contributed by atoms with Crippen LogP contribution < -0.4 is 14.8 Å². The van der Waals surface area contributed by atoms with Crippen LogP contribution >= 0.6 is 0 Å². The molecule has 0 aliphatic carbocycles. The molecule has 1 aromatic carbocycles.